The topological polar surface area (TPSA) is 94.9 Å². The third-order valence-electron chi connectivity index (χ3n) is 3.39. The lowest BCUT2D eigenvalue weighted by Gasteiger charge is -2.05. The van der Waals surface area contributed by atoms with Crippen LogP contribution in [0, 0.1) is 0 Å². The largest absolute Gasteiger partial charge is 0.461 e. The zero-order valence-electron chi connectivity index (χ0n) is 13.5. The molecule has 8 heteroatoms. The van der Waals surface area contributed by atoms with Crippen LogP contribution in [-0.4, -0.2) is 38.9 Å². The van der Waals surface area contributed by atoms with Gasteiger partial charge in [0.05, 0.1) is 23.9 Å². The van der Waals surface area contributed by atoms with E-state index in [-0.39, 0.29) is 18.2 Å². The number of esters is 1. The number of nitrogens with two attached hydrogens (primary N) is 1. The van der Waals surface area contributed by atoms with Crippen LogP contribution in [-0.2, 0) is 4.74 Å². The fourth-order valence-corrected chi connectivity index (χ4v) is 2.41. The van der Waals surface area contributed by atoms with Crippen molar-refractivity contribution >= 4 is 34.7 Å². The van der Waals surface area contributed by atoms with Crippen molar-refractivity contribution in [1.82, 2.24) is 14.6 Å². The highest BCUT2D eigenvalue weighted by Gasteiger charge is 2.15. The summed E-state index contributed by atoms with van der Waals surface area (Å²) >= 11 is 5.67. The normalized spacial score (nSPS) is 11.7. The average molecular weight is 358 g/mol. The maximum atomic E-state index is 11.9. The van der Waals surface area contributed by atoms with Crippen molar-refractivity contribution in [2.75, 3.05) is 12.5 Å². The molecule has 2 heterocycles. The molecule has 0 aliphatic heterocycles. The van der Waals surface area contributed by atoms with Crippen molar-refractivity contribution in [1.29, 1.82) is 0 Å². The number of aromatic nitrogens is 3. The van der Waals surface area contributed by atoms with Gasteiger partial charge in [-0.25, -0.2) is 19.3 Å². The summed E-state index contributed by atoms with van der Waals surface area (Å²) in [6, 6.07) is 10.9. The third-order valence-corrected chi connectivity index (χ3v) is 3.67. The summed E-state index contributed by atoms with van der Waals surface area (Å²) in [5.41, 5.74) is 8.75. The van der Waals surface area contributed by atoms with E-state index in [0.717, 1.165) is 11.3 Å². The number of ether oxygens (including phenoxy) is 1. The van der Waals surface area contributed by atoms with Crippen molar-refractivity contribution in [3.63, 3.8) is 0 Å². The lowest BCUT2D eigenvalue weighted by molar-refractivity contribution is 0.0519. The molecule has 0 saturated heterocycles. The first-order chi connectivity index (χ1) is 12.1. The van der Waals surface area contributed by atoms with Crippen molar-refractivity contribution in [3.8, 4) is 11.3 Å². The monoisotopic (exact) mass is 357 g/mol. The van der Waals surface area contributed by atoms with E-state index in [0.29, 0.717) is 17.2 Å². The highest BCUT2D eigenvalue weighted by Crippen LogP contribution is 2.24. The van der Waals surface area contributed by atoms with Gasteiger partial charge in [-0.15, -0.1) is 11.6 Å². The van der Waals surface area contributed by atoms with Gasteiger partial charge in [-0.2, -0.15) is 5.10 Å². The summed E-state index contributed by atoms with van der Waals surface area (Å²) in [6.07, 6.45) is 1.66. The number of alkyl halides is 1. The molecule has 0 atom stereocenters. The molecule has 0 aliphatic rings. The van der Waals surface area contributed by atoms with Crippen LogP contribution in [0.4, 0.5) is 5.69 Å². The summed E-state index contributed by atoms with van der Waals surface area (Å²) in [5.74, 6) is 0.0146. The predicted octanol–water partition coefficient (Wildman–Crippen LogP) is 2.80. The molecule has 0 radical (unpaired) electrons. The number of carbonyl (C=O) groups is 1. The predicted molar refractivity (Wildman–Crippen MR) is 96.4 cm³/mol. The number of aliphatic imine (C=N–C) groups is 1. The highest BCUT2D eigenvalue weighted by atomic mass is 35.5. The molecule has 0 aliphatic carbocycles. The number of fused-ring (bicyclic) bond motifs is 1. The number of benzene rings is 1. The van der Waals surface area contributed by atoms with Crippen LogP contribution >= 0.6 is 11.6 Å². The van der Waals surface area contributed by atoms with Crippen molar-refractivity contribution in [2.45, 2.75) is 6.92 Å². The Labute approximate surface area is 149 Å². The van der Waals surface area contributed by atoms with Gasteiger partial charge in [0.1, 0.15) is 5.84 Å². The summed E-state index contributed by atoms with van der Waals surface area (Å²) in [7, 11) is 0. The quantitative estimate of drug-likeness (QED) is 0.328. The van der Waals surface area contributed by atoms with E-state index in [2.05, 4.69) is 15.1 Å². The standard InChI is InChI=1S/C17H16ClN5O2/c1-2-25-17(24)13-9-16-20-7-6-14(23(16)22-13)11-4-3-5-12(8-11)21-15(19)10-18/h3-9H,2,10H2,1H3,(H2,19,21). The molecule has 0 spiro atoms. The Morgan fingerprint density at radius 2 is 2.20 bits per heavy atom. The van der Waals surface area contributed by atoms with Crippen molar-refractivity contribution in [3.05, 3.63) is 48.3 Å². The van der Waals surface area contributed by atoms with Gasteiger partial charge >= 0.3 is 5.97 Å². The minimum absolute atomic E-state index is 0.159. The molecule has 0 saturated carbocycles. The Morgan fingerprint density at radius 3 is 2.96 bits per heavy atom. The van der Waals surface area contributed by atoms with Crippen LogP contribution in [0.25, 0.3) is 16.9 Å². The molecule has 25 heavy (non-hydrogen) atoms. The third kappa shape index (κ3) is 3.61. The molecule has 128 valence electrons. The van der Waals surface area contributed by atoms with Crippen molar-refractivity contribution in [2.24, 2.45) is 10.7 Å². The first-order valence-electron chi connectivity index (χ1n) is 7.63. The molecule has 3 rings (SSSR count). The van der Waals surface area contributed by atoms with E-state index < -0.39 is 5.97 Å². The fraction of sp³-hybridized carbons (Fsp3) is 0.176. The van der Waals surface area contributed by atoms with Gasteiger partial charge in [-0.05, 0) is 25.1 Å². The van der Waals surface area contributed by atoms with E-state index >= 15 is 0 Å². The molecular weight excluding hydrogens is 342 g/mol. The number of halogens is 1. The first kappa shape index (κ1) is 16.9. The van der Waals surface area contributed by atoms with Crippen LogP contribution in [0.15, 0.2) is 47.6 Å². The van der Waals surface area contributed by atoms with Crippen LogP contribution in [0.5, 0.6) is 0 Å². The number of carbonyl (C=O) groups excluding carboxylic acids is 1. The average Bonchev–Trinajstić information content (AvgIpc) is 3.06. The molecule has 2 N–H and O–H groups in total. The zero-order valence-corrected chi connectivity index (χ0v) is 14.3. The fourth-order valence-electron chi connectivity index (χ4n) is 2.35. The molecule has 2 aromatic heterocycles. The van der Waals surface area contributed by atoms with Gasteiger partial charge in [0, 0.05) is 17.8 Å². The lowest BCUT2D eigenvalue weighted by Crippen LogP contribution is -2.12. The second-order valence-corrected chi connectivity index (χ2v) is 5.40. The number of nitrogens with zero attached hydrogens (tertiary/aromatic N) is 4. The minimum Gasteiger partial charge on any atom is -0.461 e. The molecule has 3 aromatic rings. The van der Waals surface area contributed by atoms with E-state index in [9.17, 15) is 4.79 Å². The van der Waals surface area contributed by atoms with Gasteiger partial charge in [-0.3, -0.25) is 0 Å². The number of amidine groups is 1. The lowest BCUT2D eigenvalue weighted by atomic mass is 10.1. The van der Waals surface area contributed by atoms with Crippen LogP contribution < -0.4 is 5.73 Å². The van der Waals surface area contributed by atoms with E-state index in [1.54, 1.807) is 23.7 Å². The zero-order chi connectivity index (χ0) is 17.8. The Balaban J connectivity index is 2.07. The van der Waals surface area contributed by atoms with E-state index in [1.807, 2.05) is 30.3 Å². The van der Waals surface area contributed by atoms with Crippen LogP contribution in [0.2, 0.25) is 0 Å². The molecule has 0 amide bonds. The number of rotatable bonds is 5. The SMILES string of the molecule is CCOC(=O)c1cc2nccc(-c3cccc(N=C(N)CCl)c3)n2n1. The smallest absolute Gasteiger partial charge is 0.358 e. The summed E-state index contributed by atoms with van der Waals surface area (Å²) in [4.78, 5) is 20.4. The second-order valence-electron chi connectivity index (χ2n) is 5.14. The Morgan fingerprint density at radius 1 is 1.36 bits per heavy atom. The Kier molecular flexibility index (Phi) is 4.95. The van der Waals surface area contributed by atoms with Crippen LogP contribution in [0.1, 0.15) is 17.4 Å². The molecule has 7 nitrogen and oxygen atoms in total. The first-order valence-corrected chi connectivity index (χ1v) is 8.17. The van der Waals surface area contributed by atoms with Crippen molar-refractivity contribution < 1.29 is 9.53 Å². The molecule has 0 unspecified atom stereocenters. The second kappa shape index (κ2) is 7.31. The van der Waals surface area contributed by atoms with Gasteiger partial charge in [0.25, 0.3) is 0 Å². The minimum atomic E-state index is -0.479. The maximum Gasteiger partial charge on any atom is 0.358 e. The van der Waals surface area contributed by atoms with E-state index in [4.69, 9.17) is 22.1 Å². The van der Waals surface area contributed by atoms with Gasteiger partial charge < -0.3 is 10.5 Å². The van der Waals surface area contributed by atoms with E-state index in [1.165, 1.54) is 0 Å². The molecule has 1 aromatic carbocycles. The Bertz CT molecular complexity index is 951. The Hall–Kier alpha value is -2.93. The number of hydrogen-bond acceptors (Lipinski definition) is 5. The highest BCUT2D eigenvalue weighted by molar-refractivity contribution is 6.28. The van der Waals surface area contributed by atoms with Gasteiger partial charge in [0.2, 0.25) is 0 Å². The molecular formula is C17H16ClN5O2. The summed E-state index contributed by atoms with van der Waals surface area (Å²) in [6.45, 7) is 2.03. The number of hydrogen-bond donors (Lipinski definition) is 1. The maximum absolute atomic E-state index is 11.9. The summed E-state index contributed by atoms with van der Waals surface area (Å²) in [5, 5.41) is 4.31. The van der Waals surface area contributed by atoms with Crippen LogP contribution in [0.3, 0.4) is 0 Å². The van der Waals surface area contributed by atoms with Gasteiger partial charge in [0.15, 0.2) is 11.3 Å². The molecule has 0 bridgehead atoms. The van der Waals surface area contributed by atoms with Gasteiger partial charge in [-0.1, -0.05) is 12.1 Å². The molecule has 0 fully saturated rings. The summed E-state index contributed by atoms with van der Waals surface area (Å²) < 4.78 is 6.59.